The van der Waals surface area contributed by atoms with Crippen LogP contribution in [0.25, 0.3) is 0 Å². The molecule has 0 aliphatic heterocycles. The van der Waals surface area contributed by atoms with E-state index >= 15 is 0 Å². The molecule has 0 saturated carbocycles. The van der Waals surface area contributed by atoms with E-state index in [0.29, 0.717) is 6.61 Å². The molecule has 1 heterocycles. The maximum Gasteiger partial charge on any atom is 0.120 e. The van der Waals surface area contributed by atoms with Crippen molar-refractivity contribution in [3.05, 3.63) is 47.8 Å². The third-order valence-corrected chi connectivity index (χ3v) is 2.87. The van der Waals surface area contributed by atoms with Crippen LogP contribution in [0.5, 0.6) is 5.75 Å². The molecule has 5 heteroatoms. The second-order valence-electron chi connectivity index (χ2n) is 4.63. The molecule has 108 valence electrons. The summed E-state index contributed by atoms with van der Waals surface area (Å²) in [5, 5.41) is 7.43. The number of benzene rings is 1. The number of hydrogen-bond donors (Lipinski definition) is 1. The van der Waals surface area contributed by atoms with Gasteiger partial charge in [-0.1, -0.05) is 12.1 Å². The van der Waals surface area contributed by atoms with Crippen molar-refractivity contribution in [3.8, 4) is 5.75 Å². The van der Waals surface area contributed by atoms with Gasteiger partial charge in [0.15, 0.2) is 0 Å². The topological polar surface area (TPSA) is 48.3 Å². The van der Waals surface area contributed by atoms with E-state index in [4.69, 9.17) is 9.47 Å². The van der Waals surface area contributed by atoms with E-state index in [9.17, 15) is 0 Å². The maximum absolute atomic E-state index is 5.77. The van der Waals surface area contributed by atoms with E-state index in [-0.39, 0.29) is 0 Å². The lowest BCUT2D eigenvalue weighted by atomic mass is 10.2. The molecule has 1 N–H and O–H groups in total. The van der Waals surface area contributed by atoms with Gasteiger partial charge in [-0.2, -0.15) is 5.10 Å². The summed E-state index contributed by atoms with van der Waals surface area (Å²) in [6.07, 6.45) is 3.77. The second-order valence-corrected chi connectivity index (χ2v) is 4.63. The van der Waals surface area contributed by atoms with Crippen molar-refractivity contribution >= 4 is 0 Å². The lowest BCUT2D eigenvalue weighted by Crippen LogP contribution is -2.18. The molecule has 0 bridgehead atoms. The lowest BCUT2D eigenvalue weighted by molar-refractivity contribution is 0.199. The number of nitrogens with zero attached hydrogens (tertiary/aromatic N) is 2. The minimum absolute atomic E-state index is 0.536. The Labute approximate surface area is 119 Å². The predicted molar refractivity (Wildman–Crippen MR) is 77.6 cm³/mol. The first-order chi connectivity index (χ1) is 9.78. The van der Waals surface area contributed by atoms with Crippen LogP contribution in [0.1, 0.15) is 11.1 Å². The van der Waals surface area contributed by atoms with Crippen LogP contribution in [0, 0.1) is 0 Å². The first kappa shape index (κ1) is 14.6. The smallest absolute Gasteiger partial charge is 0.120 e. The molecule has 0 aliphatic rings. The quantitative estimate of drug-likeness (QED) is 0.745. The Hall–Kier alpha value is -1.85. The number of rotatable bonds is 8. The van der Waals surface area contributed by atoms with Gasteiger partial charge < -0.3 is 14.8 Å². The molecule has 0 fully saturated rings. The molecule has 0 radical (unpaired) electrons. The van der Waals surface area contributed by atoms with Crippen molar-refractivity contribution in [2.75, 3.05) is 20.3 Å². The molecule has 0 aliphatic carbocycles. The normalized spacial score (nSPS) is 10.7. The highest BCUT2D eigenvalue weighted by atomic mass is 16.5. The van der Waals surface area contributed by atoms with Gasteiger partial charge in [-0.15, -0.1) is 0 Å². The zero-order valence-electron chi connectivity index (χ0n) is 12.0. The highest BCUT2D eigenvalue weighted by molar-refractivity contribution is 5.28. The molecule has 0 saturated heterocycles. The van der Waals surface area contributed by atoms with Crippen LogP contribution >= 0.6 is 0 Å². The standard InChI is InChI=1S/C15H21N3O2/c1-18-11-14(10-17-18)12-20-15-5-3-4-13(8-15)9-16-6-7-19-2/h3-5,8,10-11,16H,6-7,9,12H2,1-2H3. The van der Waals surface area contributed by atoms with Crippen molar-refractivity contribution in [1.82, 2.24) is 15.1 Å². The fourth-order valence-electron chi connectivity index (χ4n) is 1.87. The SMILES string of the molecule is COCCNCc1cccc(OCc2cnn(C)c2)c1. The van der Waals surface area contributed by atoms with Gasteiger partial charge in [0.25, 0.3) is 0 Å². The molecule has 0 atom stereocenters. The van der Waals surface area contributed by atoms with E-state index in [1.807, 2.05) is 31.6 Å². The average Bonchev–Trinajstić information content (AvgIpc) is 2.88. The highest BCUT2D eigenvalue weighted by Crippen LogP contribution is 2.15. The van der Waals surface area contributed by atoms with E-state index in [1.54, 1.807) is 11.8 Å². The molecule has 0 amide bonds. The molecule has 20 heavy (non-hydrogen) atoms. The van der Waals surface area contributed by atoms with Crippen molar-refractivity contribution in [2.45, 2.75) is 13.2 Å². The molecule has 1 aromatic heterocycles. The Morgan fingerprint density at radius 2 is 2.20 bits per heavy atom. The number of methoxy groups -OCH3 is 1. The number of aryl methyl sites for hydroxylation is 1. The highest BCUT2D eigenvalue weighted by Gasteiger charge is 2.00. The molecule has 2 aromatic rings. The average molecular weight is 275 g/mol. The third-order valence-electron chi connectivity index (χ3n) is 2.87. The molecule has 5 nitrogen and oxygen atoms in total. The van der Waals surface area contributed by atoms with Crippen LogP contribution in [0.15, 0.2) is 36.7 Å². The summed E-state index contributed by atoms with van der Waals surface area (Å²) in [5.74, 6) is 0.875. The molecular formula is C15H21N3O2. The Morgan fingerprint density at radius 1 is 1.30 bits per heavy atom. The van der Waals surface area contributed by atoms with Crippen LogP contribution in [0.3, 0.4) is 0 Å². The summed E-state index contributed by atoms with van der Waals surface area (Å²) in [5.41, 5.74) is 2.26. The minimum atomic E-state index is 0.536. The van der Waals surface area contributed by atoms with Gasteiger partial charge in [0.2, 0.25) is 0 Å². The van der Waals surface area contributed by atoms with Gasteiger partial charge in [0.05, 0.1) is 12.8 Å². The van der Waals surface area contributed by atoms with Crippen molar-refractivity contribution in [3.63, 3.8) is 0 Å². The number of aromatic nitrogens is 2. The molecule has 0 unspecified atom stereocenters. The number of hydrogen-bond acceptors (Lipinski definition) is 4. The van der Waals surface area contributed by atoms with Gasteiger partial charge in [-0.3, -0.25) is 4.68 Å². The fraction of sp³-hybridized carbons (Fsp3) is 0.400. The Kier molecular flexibility index (Phi) is 5.58. The largest absolute Gasteiger partial charge is 0.489 e. The first-order valence-electron chi connectivity index (χ1n) is 6.67. The van der Waals surface area contributed by atoms with E-state index in [2.05, 4.69) is 22.5 Å². The minimum Gasteiger partial charge on any atom is -0.489 e. The lowest BCUT2D eigenvalue weighted by Gasteiger charge is -2.08. The van der Waals surface area contributed by atoms with Crippen LogP contribution in [0.2, 0.25) is 0 Å². The van der Waals surface area contributed by atoms with Crippen molar-refractivity contribution < 1.29 is 9.47 Å². The molecule has 1 aromatic carbocycles. The Balaban J connectivity index is 1.82. The summed E-state index contributed by atoms with van der Waals surface area (Å²) >= 11 is 0. The van der Waals surface area contributed by atoms with Crippen LogP contribution in [-0.4, -0.2) is 30.0 Å². The van der Waals surface area contributed by atoms with E-state index < -0.39 is 0 Å². The summed E-state index contributed by atoms with van der Waals surface area (Å²) in [4.78, 5) is 0. The van der Waals surface area contributed by atoms with Gasteiger partial charge >= 0.3 is 0 Å². The molecule has 0 spiro atoms. The Bertz CT molecular complexity index is 525. The Morgan fingerprint density at radius 3 is 2.95 bits per heavy atom. The maximum atomic E-state index is 5.77. The summed E-state index contributed by atoms with van der Waals surface area (Å²) in [6.45, 7) is 2.91. The van der Waals surface area contributed by atoms with Gasteiger partial charge in [-0.25, -0.2) is 0 Å². The van der Waals surface area contributed by atoms with Gasteiger partial charge in [-0.05, 0) is 17.7 Å². The predicted octanol–water partition coefficient (Wildman–Crippen LogP) is 1.74. The zero-order valence-corrected chi connectivity index (χ0v) is 12.0. The summed E-state index contributed by atoms with van der Waals surface area (Å²) in [6, 6.07) is 8.11. The molecular weight excluding hydrogens is 254 g/mol. The van der Waals surface area contributed by atoms with E-state index in [0.717, 1.165) is 31.0 Å². The third kappa shape index (κ3) is 4.68. The molecule has 2 rings (SSSR count). The second kappa shape index (κ2) is 7.67. The van der Waals surface area contributed by atoms with Crippen LogP contribution in [0.4, 0.5) is 0 Å². The van der Waals surface area contributed by atoms with Crippen LogP contribution < -0.4 is 10.1 Å². The first-order valence-corrected chi connectivity index (χ1v) is 6.67. The van der Waals surface area contributed by atoms with Crippen LogP contribution in [-0.2, 0) is 24.9 Å². The van der Waals surface area contributed by atoms with Gasteiger partial charge in [0, 0.05) is 39.0 Å². The zero-order chi connectivity index (χ0) is 14.2. The van der Waals surface area contributed by atoms with Crippen molar-refractivity contribution in [2.24, 2.45) is 7.05 Å². The number of ether oxygens (including phenoxy) is 2. The van der Waals surface area contributed by atoms with Crippen molar-refractivity contribution in [1.29, 1.82) is 0 Å². The van der Waals surface area contributed by atoms with Gasteiger partial charge in [0.1, 0.15) is 12.4 Å². The summed E-state index contributed by atoms with van der Waals surface area (Å²) < 4.78 is 12.5. The number of nitrogens with one attached hydrogen (secondary N) is 1. The monoisotopic (exact) mass is 275 g/mol. The fourth-order valence-corrected chi connectivity index (χ4v) is 1.87. The summed E-state index contributed by atoms with van der Waals surface area (Å²) in [7, 11) is 3.60. The van der Waals surface area contributed by atoms with E-state index in [1.165, 1.54) is 5.56 Å².